The van der Waals surface area contributed by atoms with E-state index in [2.05, 4.69) is 6.07 Å². The zero-order chi connectivity index (χ0) is 8.27. The van der Waals surface area contributed by atoms with Gasteiger partial charge in [0.1, 0.15) is 0 Å². The van der Waals surface area contributed by atoms with Crippen molar-refractivity contribution >= 4 is 11.7 Å². The van der Waals surface area contributed by atoms with Gasteiger partial charge in [0.05, 0.1) is 6.42 Å². The van der Waals surface area contributed by atoms with Crippen molar-refractivity contribution in [3.05, 3.63) is 29.8 Å². The van der Waals surface area contributed by atoms with Crippen molar-refractivity contribution in [2.45, 2.75) is 6.42 Å². The predicted octanol–water partition coefficient (Wildman–Crippen LogP) is 0.696. The van der Waals surface area contributed by atoms with Gasteiger partial charge in [0.25, 0.3) is 0 Å². The highest BCUT2D eigenvalue weighted by Gasteiger charge is 2.02. The second-order valence-corrected chi connectivity index (χ2v) is 2.17. The number of benzene rings is 1. The van der Waals surface area contributed by atoms with E-state index in [1.54, 1.807) is 18.2 Å². The van der Waals surface area contributed by atoms with Gasteiger partial charge in [-0.2, -0.15) is 0 Å². The molecule has 0 aromatic heterocycles. The number of hydrogen-bond donors (Lipinski definition) is 2. The Labute approximate surface area is 64.5 Å². The Hall–Kier alpha value is -1.51. The first-order valence-corrected chi connectivity index (χ1v) is 3.17. The number of carboxylic acid groups (broad SMARTS) is 1. The first kappa shape index (κ1) is 7.60. The lowest BCUT2D eigenvalue weighted by atomic mass is 10.1. The summed E-state index contributed by atoms with van der Waals surface area (Å²) < 4.78 is 0. The summed E-state index contributed by atoms with van der Waals surface area (Å²) >= 11 is 0. The van der Waals surface area contributed by atoms with Crippen molar-refractivity contribution in [3.8, 4) is 0 Å². The number of hydrogen-bond acceptors (Lipinski definition) is 2. The zero-order valence-electron chi connectivity index (χ0n) is 5.87. The quantitative estimate of drug-likeness (QED) is 0.610. The van der Waals surface area contributed by atoms with Crippen LogP contribution in [0, 0.1) is 6.07 Å². The van der Waals surface area contributed by atoms with Crippen molar-refractivity contribution < 1.29 is 9.90 Å². The molecule has 1 aromatic carbocycles. The maximum atomic E-state index is 10.2. The lowest BCUT2D eigenvalue weighted by Gasteiger charge is -1.99. The second-order valence-electron chi connectivity index (χ2n) is 2.17. The van der Waals surface area contributed by atoms with E-state index in [4.69, 9.17) is 10.8 Å². The van der Waals surface area contributed by atoms with Gasteiger partial charge in [-0.25, -0.2) is 0 Å². The molecule has 11 heavy (non-hydrogen) atoms. The van der Waals surface area contributed by atoms with Crippen LogP contribution in [0.4, 0.5) is 5.69 Å². The van der Waals surface area contributed by atoms with Crippen molar-refractivity contribution in [2.75, 3.05) is 5.73 Å². The molecule has 3 nitrogen and oxygen atoms in total. The Morgan fingerprint density at radius 2 is 2.45 bits per heavy atom. The van der Waals surface area contributed by atoms with Crippen LogP contribution in [0.15, 0.2) is 18.2 Å². The SMILES string of the molecule is Nc1ccc[c]c1CC(=O)O. The summed E-state index contributed by atoms with van der Waals surface area (Å²) in [6.07, 6.45) is -0.0628. The first-order valence-electron chi connectivity index (χ1n) is 3.17. The summed E-state index contributed by atoms with van der Waals surface area (Å²) in [5.41, 5.74) is 6.50. The maximum absolute atomic E-state index is 10.2. The van der Waals surface area contributed by atoms with E-state index in [9.17, 15) is 4.79 Å². The van der Waals surface area contributed by atoms with Gasteiger partial charge in [-0.15, -0.1) is 0 Å². The highest BCUT2D eigenvalue weighted by Crippen LogP contribution is 2.09. The van der Waals surface area contributed by atoms with E-state index >= 15 is 0 Å². The molecular weight excluding hydrogens is 142 g/mol. The number of carboxylic acids is 1. The van der Waals surface area contributed by atoms with E-state index in [0.717, 1.165) is 0 Å². The van der Waals surface area contributed by atoms with Crippen LogP contribution in [0.3, 0.4) is 0 Å². The minimum atomic E-state index is -0.890. The normalized spacial score (nSPS) is 9.45. The molecule has 3 N–H and O–H groups in total. The van der Waals surface area contributed by atoms with Gasteiger partial charge in [0.2, 0.25) is 0 Å². The molecule has 3 heteroatoms. The highest BCUT2D eigenvalue weighted by atomic mass is 16.4. The molecule has 0 bridgehead atoms. The number of anilines is 1. The van der Waals surface area contributed by atoms with Crippen LogP contribution in [0.25, 0.3) is 0 Å². The molecule has 0 unspecified atom stereocenters. The molecule has 0 atom stereocenters. The van der Waals surface area contributed by atoms with Crippen LogP contribution >= 0.6 is 0 Å². The fourth-order valence-corrected chi connectivity index (χ4v) is 0.789. The van der Waals surface area contributed by atoms with Gasteiger partial charge in [-0.3, -0.25) is 4.79 Å². The van der Waals surface area contributed by atoms with E-state index < -0.39 is 5.97 Å². The monoisotopic (exact) mass is 150 g/mol. The molecule has 57 valence electrons. The minimum Gasteiger partial charge on any atom is -0.481 e. The number of nitrogens with two attached hydrogens (primary N) is 1. The Bertz CT molecular complexity index is 271. The van der Waals surface area contributed by atoms with Gasteiger partial charge < -0.3 is 10.8 Å². The van der Waals surface area contributed by atoms with Gasteiger partial charge in [-0.1, -0.05) is 12.1 Å². The largest absolute Gasteiger partial charge is 0.481 e. The van der Waals surface area contributed by atoms with Crippen molar-refractivity contribution in [3.63, 3.8) is 0 Å². The second kappa shape index (κ2) is 3.05. The van der Waals surface area contributed by atoms with Crippen LogP contribution in [-0.2, 0) is 11.2 Å². The molecule has 0 fully saturated rings. The number of rotatable bonds is 2. The third-order valence-corrected chi connectivity index (χ3v) is 1.31. The van der Waals surface area contributed by atoms with E-state index in [-0.39, 0.29) is 6.42 Å². The topological polar surface area (TPSA) is 63.3 Å². The smallest absolute Gasteiger partial charge is 0.307 e. The lowest BCUT2D eigenvalue weighted by Crippen LogP contribution is -2.03. The van der Waals surface area contributed by atoms with Crippen LogP contribution in [-0.4, -0.2) is 11.1 Å². The molecule has 0 saturated heterocycles. The van der Waals surface area contributed by atoms with Crippen LogP contribution in [0.2, 0.25) is 0 Å². The first-order chi connectivity index (χ1) is 5.20. The Morgan fingerprint density at radius 3 is 3.00 bits per heavy atom. The summed E-state index contributed by atoms with van der Waals surface area (Å²) in [7, 11) is 0. The molecule has 0 heterocycles. The number of aliphatic carboxylic acids is 1. The molecular formula is C8H8NO2. The minimum absolute atomic E-state index is 0.0628. The molecule has 1 aromatic rings. The van der Waals surface area contributed by atoms with Gasteiger partial charge >= 0.3 is 5.97 Å². The van der Waals surface area contributed by atoms with Crippen molar-refractivity contribution in [1.82, 2.24) is 0 Å². The average Bonchev–Trinajstić information content (AvgIpc) is 1.93. The molecule has 0 aliphatic rings. The number of nitrogen functional groups attached to an aromatic ring is 1. The molecule has 0 aliphatic carbocycles. The molecule has 0 spiro atoms. The van der Waals surface area contributed by atoms with Crippen LogP contribution < -0.4 is 5.73 Å². The van der Waals surface area contributed by atoms with E-state index in [1.807, 2.05) is 0 Å². The van der Waals surface area contributed by atoms with Crippen molar-refractivity contribution in [1.29, 1.82) is 0 Å². The van der Waals surface area contributed by atoms with Gasteiger partial charge in [-0.05, 0) is 17.7 Å². The average molecular weight is 150 g/mol. The summed E-state index contributed by atoms with van der Waals surface area (Å²) in [4.78, 5) is 10.2. The van der Waals surface area contributed by atoms with Crippen LogP contribution in [0.5, 0.6) is 0 Å². The molecule has 0 aliphatic heterocycles. The van der Waals surface area contributed by atoms with Gasteiger partial charge in [0.15, 0.2) is 0 Å². The zero-order valence-corrected chi connectivity index (χ0v) is 5.87. The van der Waals surface area contributed by atoms with E-state index in [1.165, 1.54) is 0 Å². The Morgan fingerprint density at radius 1 is 1.73 bits per heavy atom. The summed E-state index contributed by atoms with van der Waals surface area (Å²) in [5, 5.41) is 8.42. The van der Waals surface area contributed by atoms with Crippen molar-refractivity contribution in [2.24, 2.45) is 0 Å². The summed E-state index contributed by atoms with van der Waals surface area (Å²) in [6, 6.07) is 7.79. The molecule has 1 rings (SSSR count). The third kappa shape index (κ3) is 1.97. The molecule has 0 amide bonds. The predicted molar refractivity (Wildman–Crippen MR) is 41.0 cm³/mol. The highest BCUT2D eigenvalue weighted by molar-refractivity contribution is 5.72. The lowest BCUT2D eigenvalue weighted by molar-refractivity contribution is -0.136. The van der Waals surface area contributed by atoms with Crippen LogP contribution in [0.1, 0.15) is 5.56 Å². The fourth-order valence-electron chi connectivity index (χ4n) is 0.789. The fraction of sp³-hybridized carbons (Fsp3) is 0.125. The van der Waals surface area contributed by atoms with E-state index in [0.29, 0.717) is 11.3 Å². The summed E-state index contributed by atoms with van der Waals surface area (Å²) in [5.74, 6) is -0.890. The Kier molecular flexibility index (Phi) is 2.11. The standard InChI is InChI=1S/C8H8NO2/c9-7-4-2-1-3-6(7)5-8(10)11/h1-2,4H,5,9H2,(H,10,11). The maximum Gasteiger partial charge on any atom is 0.307 e. The third-order valence-electron chi connectivity index (χ3n) is 1.31. The summed E-state index contributed by atoms with van der Waals surface area (Å²) in [6.45, 7) is 0. The molecule has 1 radical (unpaired) electrons. The molecule has 0 saturated carbocycles. The number of carbonyl (C=O) groups is 1. The van der Waals surface area contributed by atoms with Gasteiger partial charge in [0, 0.05) is 5.69 Å². The Balaban J connectivity index is 2.86.